The monoisotopic (exact) mass is 392 g/mol. The van der Waals surface area contributed by atoms with Crippen molar-refractivity contribution >= 4 is 28.5 Å². The van der Waals surface area contributed by atoms with E-state index in [0.717, 1.165) is 24.9 Å². The highest BCUT2D eigenvalue weighted by Crippen LogP contribution is 2.35. The summed E-state index contributed by atoms with van der Waals surface area (Å²) in [5, 5.41) is 8.01. The van der Waals surface area contributed by atoms with E-state index in [4.69, 9.17) is 17.3 Å². The molecule has 146 valence electrons. The minimum absolute atomic E-state index is 0. The quantitative estimate of drug-likeness (QED) is 0.697. The van der Waals surface area contributed by atoms with Crippen LogP contribution in [-0.2, 0) is 0 Å². The van der Waals surface area contributed by atoms with Gasteiger partial charge in [-0.15, -0.1) is 0 Å². The number of pyridine rings is 2. The average molecular weight is 393 g/mol. The zero-order chi connectivity index (χ0) is 19.1. The van der Waals surface area contributed by atoms with E-state index in [1.54, 1.807) is 12.3 Å². The SMILES string of the molecule is CC(C)C(N)[C@H]1CCN(c2nc(-c3[nH]nc4ncccc34)c(F)cc2Cl)C1.[HH].[HH]. The van der Waals surface area contributed by atoms with Gasteiger partial charge in [0.2, 0.25) is 0 Å². The first-order valence-electron chi connectivity index (χ1n) is 9.11. The van der Waals surface area contributed by atoms with Gasteiger partial charge in [-0.3, -0.25) is 5.10 Å². The maximum atomic E-state index is 14.7. The summed E-state index contributed by atoms with van der Waals surface area (Å²) in [6, 6.07) is 5.06. The molecule has 3 N–H and O–H groups in total. The highest BCUT2D eigenvalue weighted by Gasteiger charge is 2.31. The second kappa shape index (κ2) is 7.05. The maximum absolute atomic E-state index is 14.7. The zero-order valence-electron chi connectivity index (χ0n) is 15.3. The van der Waals surface area contributed by atoms with Crippen molar-refractivity contribution in [3.8, 4) is 11.4 Å². The van der Waals surface area contributed by atoms with Crippen LogP contribution in [0.25, 0.3) is 22.4 Å². The Morgan fingerprint density at radius 1 is 1.44 bits per heavy atom. The second-order valence-electron chi connectivity index (χ2n) is 7.41. The maximum Gasteiger partial charge on any atom is 0.181 e. The molecular formula is C19H26ClFN6. The van der Waals surface area contributed by atoms with Gasteiger partial charge >= 0.3 is 0 Å². The molecule has 0 aromatic carbocycles. The van der Waals surface area contributed by atoms with Gasteiger partial charge < -0.3 is 10.6 Å². The molecule has 8 heteroatoms. The van der Waals surface area contributed by atoms with Gasteiger partial charge in [0.05, 0.1) is 10.7 Å². The van der Waals surface area contributed by atoms with Gasteiger partial charge in [0.15, 0.2) is 11.5 Å². The number of nitrogens with one attached hydrogen (secondary N) is 1. The van der Waals surface area contributed by atoms with E-state index in [0.29, 0.717) is 34.0 Å². The molecule has 0 amide bonds. The molecule has 6 nitrogen and oxygen atoms in total. The van der Waals surface area contributed by atoms with Crippen LogP contribution < -0.4 is 10.6 Å². The zero-order valence-corrected chi connectivity index (χ0v) is 16.0. The van der Waals surface area contributed by atoms with Crippen molar-refractivity contribution in [2.45, 2.75) is 26.3 Å². The summed E-state index contributed by atoms with van der Waals surface area (Å²) in [6.45, 7) is 5.83. The molecule has 1 aliphatic rings. The molecule has 0 bridgehead atoms. The van der Waals surface area contributed by atoms with Crippen molar-refractivity contribution in [3.05, 3.63) is 35.2 Å². The summed E-state index contributed by atoms with van der Waals surface area (Å²) in [4.78, 5) is 10.8. The number of nitrogens with zero attached hydrogens (tertiary/aromatic N) is 4. The van der Waals surface area contributed by atoms with Gasteiger partial charge in [0.1, 0.15) is 11.5 Å². The van der Waals surface area contributed by atoms with E-state index in [-0.39, 0.29) is 14.6 Å². The lowest BCUT2D eigenvalue weighted by Crippen LogP contribution is -2.37. The summed E-state index contributed by atoms with van der Waals surface area (Å²) < 4.78 is 14.7. The van der Waals surface area contributed by atoms with Crippen molar-refractivity contribution in [3.63, 3.8) is 0 Å². The van der Waals surface area contributed by atoms with E-state index < -0.39 is 5.82 Å². The number of aromatic amines is 1. The Kier molecular flexibility index (Phi) is 4.74. The molecule has 4 rings (SSSR count). The molecule has 4 heterocycles. The molecule has 3 aromatic heterocycles. The largest absolute Gasteiger partial charge is 0.355 e. The second-order valence-corrected chi connectivity index (χ2v) is 7.82. The van der Waals surface area contributed by atoms with Gasteiger partial charge in [-0.05, 0) is 36.5 Å². The van der Waals surface area contributed by atoms with Gasteiger partial charge in [-0.1, -0.05) is 25.4 Å². The molecule has 0 radical (unpaired) electrons. The smallest absolute Gasteiger partial charge is 0.181 e. The third kappa shape index (κ3) is 3.26. The lowest BCUT2D eigenvalue weighted by atomic mass is 9.91. The summed E-state index contributed by atoms with van der Waals surface area (Å²) >= 11 is 6.34. The number of nitrogens with two attached hydrogens (primary N) is 1. The molecule has 1 fully saturated rings. The standard InChI is InChI=1S/C19H22ClFN6.2H2/c1-10(2)15(22)11-5-7-27(9-11)19-13(20)8-14(21)17(24-19)16-12-4-3-6-23-18(12)26-25-16;;/h3-4,6,8,10-11,15H,5,7,9,22H2,1-2H3,(H,23,25,26);2*1H/t11-,15?;;/m0../s1. The number of fused-ring (bicyclic) bond motifs is 1. The van der Waals surface area contributed by atoms with E-state index in [1.807, 2.05) is 6.07 Å². The highest BCUT2D eigenvalue weighted by molar-refractivity contribution is 6.33. The Bertz CT molecular complexity index is 982. The number of rotatable bonds is 4. The minimum atomic E-state index is -0.493. The fourth-order valence-electron chi connectivity index (χ4n) is 3.72. The average Bonchev–Trinajstić information content (AvgIpc) is 3.28. The fourth-order valence-corrected chi connectivity index (χ4v) is 3.98. The number of halogens is 2. The van der Waals surface area contributed by atoms with Crippen molar-refractivity contribution in [2.75, 3.05) is 18.0 Å². The molecule has 3 aromatic rings. The fraction of sp³-hybridized carbons (Fsp3) is 0.421. The van der Waals surface area contributed by atoms with Crippen LogP contribution in [0.2, 0.25) is 5.02 Å². The number of hydrogen-bond donors (Lipinski definition) is 2. The van der Waals surface area contributed by atoms with Crippen molar-refractivity contribution in [2.24, 2.45) is 17.6 Å². The predicted molar refractivity (Wildman–Crippen MR) is 109 cm³/mol. The summed E-state index contributed by atoms with van der Waals surface area (Å²) in [7, 11) is 0. The first kappa shape index (κ1) is 18.1. The van der Waals surface area contributed by atoms with Crippen LogP contribution in [0.3, 0.4) is 0 Å². The number of hydrogen-bond acceptors (Lipinski definition) is 5. The van der Waals surface area contributed by atoms with Crippen molar-refractivity contribution in [1.82, 2.24) is 20.2 Å². The third-order valence-corrected chi connectivity index (χ3v) is 5.59. The number of aromatic nitrogens is 4. The molecule has 0 aliphatic carbocycles. The Balaban J connectivity index is 0.00000150. The molecule has 1 aliphatic heterocycles. The molecule has 2 atom stereocenters. The summed E-state index contributed by atoms with van der Waals surface area (Å²) in [6.07, 6.45) is 2.62. The predicted octanol–water partition coefficient (Wildman–Crippen LogP) is 4.11. The van der Waals surface area contributed by atoms with Crippen LogP contribution in [0.1, 0.15) is 23.1 Å². The van der Waals surface area contributed by atoms with Crippen LogP contribution in [0.15, 0.2) is 24.4 Å². The Morgan fingerprint density at radius 3 is 3.04 bits per heavy atom. The molecule has 1 saturated heterocycles. The van der Waals surface area contributed by atoms with Gasteiger partial charge in [-0.2, -0.15) is 5.10 Å². The lowest BCUT2D eigenvalue weighted by Gasteiger charge is -2.24. The molecule has 27 heavy (non-hydrogen) atoms. The van der Waals surface area contributed by atoms with Gasteiger partial charge in [-0.25, -0.2) is 14.4 Å². The normalized spacial score (nSPS) is 18.6. The summed E-state index contributed by atoms with van der Waals surface area (Å²) in [5.41, 5.74) is 7.55. The van der Waals surface area contributed by atoms with Crippen LogP contribution in [-0.4, -0.2) is 39.3 Å². The van der Waals surface area contributed by atoms with Crippen LogP contribution in [0.4, 0.5) is 10.2 Å². The Hall–Kier alpha value is -2.25. The summed E-state index contributed by atoms with van der Waals surface area (Å²) in [5.74, 6) is 0.866. The lowest BCUT2D eigenvalue weighted by molar-refractivity contribution is 0.365. The first-order chi connectivity index (χ1) is 13.0. The molecule has 1 unspecified atom stereocenters. The van der Waals surface area contributed by atoms with Crippen LogP contribution >= 0.6 is 11.6 Å². The van der Waals surface area contributed by atoms with Crippen LogP contribution in [0, 0.1) is 17.7 Å². The van der Waals surface area contributed by atoms with E-state index in [1.165, 1.54) is 6.07 Å². The number of anilines is 1. The Labute approximate surface area is 164 Å². The minimum Gasteiger partial charge on any atom is -0.355 e. The van der Waals surface area contributed by atoms with E-state index in [2.05, 4.69) is 38.9 Å². The topological polar surface area (TPSA) is 83.7 Å². The van der Waals surface area contributed by atoms with E-state index in [9.17, 15) is 4.39 Å². The van der Waals surface area contributed by atoms with Crippen molar-refractivity contribution < 1.29 is 7.24 Å². The van der Waals surface area contributed by atoms with Gasteiger partial charge in [0.25, 0.3) is 0 Å². The van der Waals surface area contributed by atoms with Crippen molar-refractivity contribution in [1.29, 1.82) is 0 Å². The first-order valence-corrected chi connectivity index (χ1v) is 9.49. The number of H-pyrrole nitrogens is 1. The molecular weight excluding hydrogens is 367 g/mol. The molecule has 0 spiro atoms. The third-order valence-electron chi connectivity index (χ3n) is 5.32. The highest BCUT2D eigenvalue weighted by atomic mass is 35.5. The van der Waals surface area contributed by atoms with Gasteiger partial charge in [0, 0.05) is 33.6 Å². The van der Waals surface area contributed by atoms with E-state index >= 15 is 0 Å². The molecule has 0 saturated carbocycles. The Morgan fingerprint density at radius 2 is 2.26 bits per heavy atom. The van der Waals surface area contributed by atoms with Crippen LogP contribution in [0.5, 0.6) is 0 Å².